The molecule has 0 amide bonds. The number of nitro groups is 1. The Kier molecular flexibility index (Phi) is 13.0. The van der Waals surface area contributed by atoms with Gasteiger partial charge in [0.1, 0.15) is 0 Å². The third kappa shape index (κ3) is 9.20. The van der Waals surface area contributed by atoms with Crippen LogP contribution in [0.15, 0.2) is 129 Å². The lowest BCUT2D eigenvalue weighted by molar-refractivity contribution is -0.384. The van der Waals surface area contributed by atoms with Gasteiger partial charge in [-0.3, -0.25) is 10.1 Å². The SMILES string of the molecule is C=CCBr.C=CCn1ccc2cc(N)ccc21.C=CCn1ccc2cc([N+](=O)[O-])ccc21.OONc1ccc2[nH]ccc2c1. The van der Waals surface area contributed by atoms with Crippen LogP contribution in [0.1, 0.15) is 0 Å². The number of aromatic nitrogens is 3. The summed E-state index contributed by atoms with van der Waals surface area (Å²) in [7, 11) is 0. The molecule has 0 spiro atoms. The number of fused-ring (bicyclic) bond motifs is 3. The van der Waals surface area contributed by atoms with Crippen LogP contribution in [0.25, 0.3) is 32.7 Å². The van der Waals surface area contributed by atoms with Crippen molar-refractivity contribution in [3.8, 4) is 0 Å². The van der Waals surface area contributed by atoms with E-state index in [9.17, 15) is 10.1 Å². The molecule has 0 radical (unpaired) electrons. The first-order valence-electron chi connectivity index (χ1n) is 13.4. The molecule has 3 heterocycles. The van der Waals surface area contributed by atoms with Gasteiger partial charge < -0.3 is 19.9 Å². The third-order valence-corrected chi connectivity index (χ3v) is 6.70. The number of nitrogens with two attached hydrogens (primary N) is 1. The van der Waals surface area contributed by atoms with Crippen molar-refractivity contribution in [2.24, 2.45) is 0 Å². The lowest BCUT2D eigenvalue weighted by atomic mass is 10.2. The predicted octanol–water partition coefficient (Wildman–Crippen LogP) is 8.70. The van der Waals surface area contributed by atoms with Gasteiger partial charge in [0.05, 0.1) is 10.6 Å². The Morgan fingerprint density at radius 1 is 0.886 bits per heavy atom. The highest BCUT2D eigenvalue weighted by molar-refractivity contribution is 9.09. The molecule has 0 atom stereocenters. The molecule has 0 aliphatic carbocycles. The minimum atomic E-state index is -0.385. The summed E-state index contributed by atoms with van der Waals surface area (Å²) in [5.74, 6) is 0. The summed E-state index contributed by atoms with van der Waals surface area (Å²) in [5.41, 5.74) is 12.9. The van der Waals surface area contributed by atoms with Crippen LogP contribution >= 0.6 is 15.9 Å². The molecule has 0 saturated carbocycles. The molecule has 44 heavy (non-hydrogen) atoms. The molecular formula is C33H35BrN6O4. The number of halogens is 1. The van der Waals surface area contributed by atoms with Crippen LogP contribution in [0.5, 0.6) is 0 Å². The fraction of sp³-hybridized carbons (Fsp3) is 0.0909. The molecule has 0 bridgehead atoms. The second-order valence-corrected chi connectivity index (χ2v) is 9.90. The Bertz CT molecular complexity index is 1840. The molecule has 0 unspecified atom stereocenters. The predicted molar refractivity (Wildman–Crippen MR) is 185 cm³/mol. The lowest BCUT2D eigenvalue weighted by Crippen LogP contribution is -1.94. The first-order chi connectivity index (χ1) is 21.3. The Morgan fingerprint density at radius 3 is 2.07 bits per heavy atom. The number of nitrogens with one attached hydrogen (secondary N) is 2. The van der Waals surface area contributed by atoms with Gasteiger partial charge in [0.25, 0.3) is 5.69 Å². The van der Waals surface area contributed by atoms with Crippen molar-refractivity contribution in [2.75, 3.05) is 16.5 Å². The van der Waals surface area contributed by atoms with Gasteiger partial charge in [-0.15, -0.1) is 24.7 Å². The molecular weight excluding hydrogens is 624 g/mol. The lowest BCUT2D eigenvalue weighted by Gasteiger charge is -2.00. The third-order valence-electron chi connectivity index (χ3n) is 6.24. The number of allylic oxidation sites excluding steroid dienone is 3. The number of benzene rings is 3. The molecule has 0 aliphatic rings. The molecule has 0 fully saturated rings. The molecule has 6 aromatic rings. The largest absolute Gasteiger partial charge is 0.399 e. The second-order valence-electron chi connectivity index (χ2n) is 9.25. The number of nitro benzene ring substituents is 1. The zero-order valence-electron chi connectivity index (χ0n) is 24.1. The number of hydrogen-bond acceptors (Lipinski definition) is 6. The quantitative estimate of drug-likeness (QED) is 0.0322. The number of hydrogen-bond donors (Lipinski definition) is 4. The molecule has 0 saturated heterocycles. The minimum absolute atomic E-state index is 0.124. The highest BCUT2D eigenvalue weighted by atomic mass is 79.9. The van der Waals surface area contributed by atoms with Gasteiger partial charge in [-0.05, 0) is 60.7 Å². The first kappa shape index (κ1) is 33.4. The maximum absolute atomic E-state index is 10.6. The van der Waals surface area contributed by atoms with Gasteiger partial charge >= 0.3 is 0 Å². The van der Waals surface area contributed by atoms with Crippen molar-refractivity contribution >= 4 is 65.7 Å². The smallest absolute Gasteiger partial charge is 0.270 e. The fourth-order valence-electron chi connectivity index (χ4n) is 4.29. The summed E-state index contributed by atoms with van der Waals surface area (Å²) in [5, 5.41) is 22.7. The van der Waals surface area contributed by atoms with Crippen LogP contribution in [-0.4, -0.2) is 29.6 Å². The van der Waals surface area contributed by atoms with Gasteiger partial charge in [0.15, 0.2) is 0 Å². The number of nitrogen functional groups attached to an aromatic ring is 1. The van der Waals surface area contributed by atoms with Crippen molar-refractivity contribution < 1.29 is 15.2 Å². The Labute approximate surface area is 263 Å². The number of rotatable bonds is 8. The summed E-state index contributed by atoms with van der Waals surface area (Å²) < 4.78 is 4.13. The Hall–Kier alpha value is -5.10. The average molecular weight is 660 g/mol. The molecule has 0 aliphatic heterocycles. The maximum Gasteiger partial charge on any atom is 0.270 e. The van der Waals surface area contributed by atoms with Crippen LogP contribution in [0.2, 0.25) is 0 Å². The van der Waals surface area contributed by atoms with Gasteiger partial charge in [0, 0.05) is 87.5 Å². The van der Waals surface area contributed by atoms with Crippen LogP contribution in [0.3, 0.4) is 0 Å². The van der Waals surface area contributed by atoms with E-state index in [1.54, 1.807) is 30.4 Å². The monoisotopic (exact) mass is 658 g/mol. The summed E-state index contributed by atoms with van der Waals surface area (Å²) in [6.07, 6.45) is 11.3. The Balaban J connectivity index is 0.000000171. The molecule has 3 aromatic heterocycles. The van der Waals surface area contributed by atoms with Gasteiger partial charge in [-0.1, -0.05) is 34.2 Å². The van der Waals surface area contributed by atoms with Crippen molar-refractivity contribution in [3.63, 3.8) is 0 Å². The highest BCUT2D eigenvalue weighted by Gasteiger charge is 2.07. The fourth-order valence-corrected chi connectivity index (χ4v) is 4.29. The van der Waals surface area contributed by atoms with E-state index in [1.165, 1.54) is 17.0 Å². The van der Waals surface area contributed by atoms with Gasteiger partial charge in [-0.2, -0.15) is 0 Å². The zero-order valence-corrected chi connectivity index (χ0v) is 25.7. The van der Waals surface area contributed by atoms with Crippen LogP contribution in [-0.2, 0) is 18.1 Å². The van der Waals surface area contributed by atoms with E-state index in [0.29, 0.717) is 12.2 Å². The van der Waals surface area contributed by atoms with E-state index in [2.05, 4.69) is 61.8 Å². The number of anilines is 2. The molecule has 5 N–H and O–H groups in total. The average Bonchev–Trinajstić information content (AvgIpc) is 3.77. The van der Waals surface area contributed by atoms with E-state index in [0.717, 1.165) is 39.4 Å². The van der Waals surface area contributed by atoms with Crippen LogP contribution < -0.4 is 11.2 Å². The van der Waals surface area contributed by atoms with Crippen LogP contribution in [0.4, 0.5) is 17.1 Å². The van der Waals surface area contributed by atoms with Crippen LogP contribution in [0, 0.1) is 10.1 Å². The zero-order chi connectivity index (χ0) is 31.9. The first-order valence-corrected chi connectivity index (χ1v) is 14.6. The van der Waals surface area contributed by atoms with Crippen molar-refractivity contribution in [2.45, 2.75) is 13.1 Å². The highest BCUT2D eigenvalue weighted by Crippen LogP contribution is 2.22. The molecule has 10 nitrogen and oxygen atoms in total. The number of non-ortho nitro benzene ring substituents is 1. The van der Waals surface area contributed by atoms with Crippen molar-refractivity contribution in [3.05, 3.63) is 139 Å². The Morgan fingerprint density at radius 2 is 1.50 bits per heavy atom. The molecule has 3 aromatic carbocycles. The summed E-state index contributed by atoms with van der Waals surface area (Å²) >= 11 is 3.13. The van der Waals surface area contributed by atoms with E-state index in [4.69, 9.17) is 11.0 Å². The number of aromatic amines is 1. The normalized spacial score (nSPS) is 10.0. The summed E-state index contributed by atoms with van der Waals surface area (Å²) in [6.45, 7) is 12.4. The number of alkyl halides is 1. The van der Waals surface area contributed by atoms with Gasteiger partial charge in [0.2, 0.25) is 0 Å². The van der Waals surface area contributed by atoms with E-state index in [1.807, 2.05) is 71.7 Å². The minimum Gasteiger partial charge on any atom is -0.399 e. The molecule has 11 heteroatoms. The summed E-state index contributed by atoms with van der Waals surface area (Å²) in [4.78, 5) is 17.0. The van der Waals surface area contributed by atoms with E-state index >= 15 is 0 Å². The number of H-pyrrole nitrogens is 1. The topological polar surface area (TPSA) is 136 Å². The van der Waals surface area contributed by atoms with E-state index < -0.39 is 0 Å². The second kappa shape index (κ2) is 17.1. The number of nitrogens with zero attached hydrogens (tertiary/aromatic N) is 3. The molecule has 228 valence electrons. The van der Waals surface area contributed by atoms with E-state index in [-0.39, 0.29) is 10.6 Å². The van der Waals surface area contributed by atoms with Crippen molar-refractivity contribution in [1.29, 1.82) is 0 Å². The molecule has 6 rings (SSSR count). The summed E-state index contributed by atoms with van der Waals surface area (Å²) in [6, 6.07) is 22.2. The van der Waals surface area contributed by atoms with Gasteiger partial charge in [-0.25, -0.2) is 10.7 Å². The maximum atomic E-state index is 10.6. The van der Waals surface area contributed by atoms with Crippen molar-refractivity contribution in [1.82, 2.24) is 14.1 Å². The standard InChI is InChI=1S/C11H10N2O2.C11H12N2.C8H8N2O2.C3H5Br/c1-2-6-12-7-5-9-8-10(13(14)15)3-4-11(9)12;1-2-6-13-7-5-9-8-10(12)3-4-11(9)13;11-12-10-7-1-2-8-6(5-7)3-4-9-8;1-2-3-4/h2-5,7-8H,1,6H2;2-5,7-8H,1,6,12H2;1-5,9-11H;2H,1,3H2.